The van der Waals surface area contributed by atoms with Crippen LogP contribution >= 0.6 is 22.9 Å². The van der Waals surface area contributed by atoms with Crippen molar-refractivity contribution in [3.05, 3.63) is 9.47 Å². The lowest BCUT2D eigenvalue weighted by Gasteiger charge is -2.14. The van der Waals surface area contributed by atoms with Crippen LogP contribution in [0.1, 0.15) is 5.01 Å². The number of nitrogens with one attached hydrogen (secondary N) is 1. The van der Waals surface area contributed by atoms with Crippen LogP contribution in [0.2, 0.25) is 4.47 Å². The molecule has 2 atom stereocenters. The summed E-state index contributed by atoms with van der Waals surface area (Å²) in [7, 11) is 0. The Bertz CT molecular complexity index is 344. The SMILES string of the molecule is Clc1nnc(CN2C[C@H]3CNC[C@H]3C2)s1. The summed E-state index contributed by atoms with van der Waals surface area (Å²) < 4.78 is 0.547. The molecule has 1 aromatic heterocycles. The topological polar surface area (TPSA) is 41.1 Å². The highest BCUT2D eigenvalue weighted by atomic mass is 35.5. The van der Waals surface area contributed by atoms with Crippen molar-refractivity contribution in [2.24, 2.45) is 11.8 Å². The van der Waals surface area contributed by atoms with Gasteiger partial charge in [0.1, 0.15) is 5.01 Å². The predicted molar refractivity (Wildman–Crippen MR) is 60.0 cm³/mol. The second kappa shape index (κ2) is 3.97. The molecule has 2 saturated heterocycles. The monoisotopic (exact) mass is 244 g/mol. The summed E-state index contributed by atoms with van der Waals surface area (Å²) in [6.45, 7) is 5.65. The van der Waals surface area contributed by atoms with E-state index in [1.165, 1.54) is 37.5 Å². The van der Waals surface area contributed by atoms with Gasteiger partial charge in [0.15, 0.2) is 0 Å². The van der Waals surface area contributed by atoms with Crippen LogP contribution in [0.15, 0.2) is 0 Å². The van der Waals surface area contributed by atoms with E-state index in [-0.39, 0.29) is 0 Å². The highest BCUT2D eigenvalue weighted by molar-refractivity contribution is 7.15. The average Bonchev–Trinajstić information content (AvgIpc) is 2.81. The summed E-state index contributed by atoms with van der Waals surface area (Å²) in [5.74, 6) is 1.68. The number of hydrogen-bond acceptors (Lipinski definition) is 5. The molecule has 1 N–H and O–H groups in total. The maximum absolute atomic E-state index is 5.76. The Hall–Kier alpha value is -0.230. The van der Waals surface area contributed by atoms with Gasteiger partial charge in [-0.3, -0.25) is 4.90 Å². The number of likely N-dealkylation sites (tertiary alicyclic amines) is 1. The molecule has 3 rings (SSSR count). The third-order valence-electron chi connectivity index (χ3n) is 3.27. The van der Waals surface area contributed by atoms with E-state index < -0.39 is 0 Å². The van der Waals surface area contributed by atoms with Crippen LogP contribution in [0.5, 0.6) is 0 Å². The van der Waals surface area contributed by atoms with Gasteiger partial charge in [0.25, 0.3) is 0 Å². The maximum Gasteiger partial charge on any atom is 0.207 e. The number of aromatic nitrogens is 2. The quantitative estimate of drug-likeness (QED) is 0.837. The molecule has 2 fully saturated rings. The van der Waals surface area contributed by atoms with Crippen LogP contribution < -0.4 is 5.32 Å². The Balaban J connectivity index is 1.61. The number of halogens is 1. The first-order valence-electron chi connectivity index (χ1n) is 5.22. The zero-order valence-electron chi connectivity index (χ0n) is 8.32. The van der Waals surface area contributed by atoms with Gasteiger partial charge in [0.05, 0.1) is 6.54 Å². The number of nitrogens with zero attached hydrogens (tertiary/aromatic N) is 3. The van der Waals surface area contributed by atoms with Crippen molar-refractivity contribution in [2.75, 3.05) is 26.2 Å². The molecule has 3 heterocycles. The first-order chi connectivity index (χ1) is 7.31. The van der Waals surface area contributed by atoms with Crippen molar-refractivity contribution >= 4 is 22.9 Å². The Morgan fingerprint density at radius 2 is 2.07 bits per heavy atom. The van der Waals surface area contributed by atoms with Crippen LogP contribution in [0.25, 0.3) is 0 Å². The minimum absolute atomic E-state index is 0.547. The molecule has 6 heteroatoms. The van der Waals surface area contributed by atoms with Crippen LogP contribution in [-0.4, -0.2) is 41.3 Å². The van der Waals surface area contributed by atoms with Gasteiger partial charge >= 0.3 is 0 Å². The van der Waals surface area contributed by atoms with Crippen LogP contribution in [0, 0.1) is 11.8 Å². The van der Waals surface area contributed by atoms with Gasteiger partial charge in [-0.25, -0.2) is 0 Å². The fraction of sp³-hybridized carbons (Fsp3) is 0.778. The molecule has 0 amide bonds. The first kappa shape index (κ1) is 9.96. The number of fused-ring (bicyclic) bond motifs is 1. The van der Waals surface area contributed by atoms with Crippen molar-refractivity contribution in [1.29, 1.82) is 0 Å². The third kappa shape index (κ3) is 2.01. The zero-order valence-corrected chi connectivity index (χ0v) is 9.89. The van der Waals surface area contributed by atoms with Gasteiger partial charge < -0.3 is 5.32 Å². The van der Waals surface area contributed by atoms with Crippen molar-refractivity contribution in [3.63, 3.8) is 0 Å². The minimum Gasteiger partial charge on any atom is -0.316 e. The molecule has 0 saturated carbocycles. The molecule has 15 heavy (non-hydrogen) atoms. The lowest BCUT2D eigenvalue weighted by Crippen LogP contribution is -2.25. The Morgan fingerprint density at radius 1 is 1.33 bits per heavy atom. The fourth-order valence-electron chi connectivity index (χ4n) is 2.57. The number of rotatable bonds is 2. The van der Waals surface area contributed by atoms with E-state index in [2.05, 4.69) is 20.4 Å². The lowest BCUT2D eigenvalue weighted by atomic mass is 10.0. The molecular formula is C9H13ClN4S. The van der Waals surface area contributed by atoms with E-state index in [0.29, 0.717) is 4.47 Å². The van der Waals surface area contributed by atoms with Crippen molar-refractivity contribution in [2.45, 2.75) is 6.54 Å². The van der Waals surface area contributed by atoms with E-state index in [0.717, 1.165) is 23.4 Å². The van der Waals surface area contributed by atoms with Gasteiger partial charge in [-0.1, -0.05) is 11.3 Å². The van der Waals surface area contributed by atoms with E-state index >= 15 is 0 Å². The molecule has 0 radical (unpaired) electrons. The summed E-state index contributed by atoms with van der Waals surface area (Å²) in [5.41, 5.74) is 0. The molecule has 2 aliphatic rings. The van der Waals surface area contributed by atoms with E-state index in [9.17, 15) is 0 Å². The van der Waals surface area contributed by atoms with Gasteiger partial charge in [-0.2, -0.15) is 0 Å². The van der Waals surface area contributed by atoms with E-state index in [4.69, 9.17) is 11.6 Å². The molecule has 0 aromatic carbocycles. The van der Waals surface area contributed by atoms with Gasteiger partial charge in [-0.05, 0) is 36.5 Å². The van der Waals surface area contributed by atoms with E-state index in [1.54, 1.807) is 0 Å². The van der Waals surface area contributed by atoms with Crippen LogP contribution in [-0.2, 0) is 6.54 Å². The smallest absolute Gasteiger partial charge is 0.207 e. The first-order valence-corrected chi connectivity index (χ1v) is 6.41. The molecule has 82 valence electrons. The van der Waals surface area contributed by atoms with Crippen molar-refractivity contribution in [3.8, 4) is 0 Å². The molecule has 0 unspecified atom stereocenters. The molecule has 0 bridgehead atoms. The lowest BCUT2D eigenvalue weighted by molar-refractivity contribution is 0.304. The molecule has 1 aromatic rings. The summed E-state index contributed by atoms with van der Waals surface area (Å²) >= 11 is 7.25. The highest BCUT2D eigenvalue weighted by Crippen LogP contribution is 2.28. The summed E-state index contributed by atoms with van der Waals surface area (Å²) in [5, 5.41) is 12.4. The number of hydrogen-bond donors (Lipinski definition) is 1. The van der Waals surface area contributed by atoms with Gasteiger partial charge in [0.2, 0.25) is 4.47 Å². The predicted octanol–water partition coefficient (Wildman–Crippen LogP) is 0.843. The zero-order chi connectivity index (χ0) is 10.3. The summed E-state index contributed by atoms with van der Waals surface area (Å²) in [4.78, 5) is 2.47. The Labute approximate surface area is 97.6 Å². The molecule has 2 aliphatic heterocycles. The summed E-state index contributed by atoms with van der Waals surface area (Å²) in [6.07, 6.45) is 0. The van der Waals surface area contributed by atoms with Gasteiger partial charge in [0, 0.05) is 13.1 Å². The average molecular weight is 245 g/mol. The molecule has 0 spiro atoms. The van der Waals surface area contributed by atoms with Gasteiger partial charge in [-0.15, -0.1) is 10.2 Å². The van der Waals surface area contributed by atoms with Crippen LogP contribution in [0.3, 0.4) is 0 Å². The standard InChI is InChI=1S/C9H13ClN4S/c10-9-13-12-8(15-9)5-14-3-6-1-11-2-7(6)4-14/h6-7,11H,1-5H2/t6-,7+. The highest BCUT2D eigenvalue weighted by Gasteiger charge is 2.36. The van der Waals surface area contributed by atoms with Crippen LogP contribution in [0.4, 0.5) is 0 Å². The molecule has 0 aliphatic carbocycles. The maximum atomic E-state index is 5.76. The Morgan fingerprint density at radius 3 is 2.67 bits per heavy atom. The normalized spacial score (nSPS) is 31.0. The second-order valence-electron chi connectivity index (χ2n) is 4.32. The van der Waals surface area contributed by atoms with Crippen molar-refractivity contribution < 1.29 is 0 Å². The van der Waals surface area contributed by atoms with E-state index in [1.807, 2.05) is 0 Å². The third-order valence-corrected chi connectivity index (χ3v) is 4.27. The fourth-order valence-corrected chi connectivity index (χ4v) is 3.48. The molecule has 4 nitrogen and oxygen atoms in total. The summed E-state index contributed by atoms with van der Waals surface area (Å²) in [6, 6.07) is 0. The molecular weight excluding hydrogens is 232 g/mol. The van der Waals surface area contributed by atoms with Crippen molar-refractivity contribution in [1.82, 2.24) is 20.4 Å². The Kier molecular flexibility index (Phi) is 2.64. The second-order valence-corrected chi connectivity index (χ2v) is 5.97. The largest absolute Gasteiger partial charge is 0.316 e. The minimum atomic E-state index is 0.547.